The van der Waals surface area contributed by atoms with Gasteiger partial charge in [-0.25, -0.2) is 10.1 Å². The topological polar surface area (TPSA) is 410 Å². The van der Waals surface area contributed by atoms with Gasteiger partial charge in [0.2, 0.25) is 5.95 Å². The minimum absolute atomic E-state index is 0. The molecule has 5 rings (SSSR count). The number of carbonyl (C=O) groups is 6. The second kappa shape index (κ2) is 39.1. The predicted molar refractivity (Wildman–Crippen MR) is 236 cm³/mol. The minimum atomic E-state index is -0.956. The van der Waals surface area contributed by atoms with Crippen LogP contribution in [0.1, 0.15) is 77.0 Å². The van der Waals surface area contributed by atoms with Crippen molar-refractivity contribution >= 4 is 117 Å². The van der Waals surface area contributed by atoms with E-state index in [0.29, 0.717) is 21.1 Å². The van der Waals surface area contributed by atoms with Crippen LogP contribution in [0.25, 0.3) is 6.15 Å². The molecule has 3 aliphatic rings. The molecule has 0 radical (unpaired) electrons. The number of rotatable bonds is 9. The number of aliphatic carboxylic acids is 1. The molecule has 0 aliphatic carbocycles. The molecule has 0 unspecified atom stereocenters. The van der Waals surface area contributed by atoms with Crippen LogP contribution in [0.3, 0.4) is 0 Å². The fourth-order valence-electron chi connectivity index (χ4n) is 4.83. The molecule has 3 saturated heterocycles. The number of amides is 1. The van der Waals surface area contributed by atoms with E-state index in [4.69, 9.17) is 25.9 Å². The predicted octanol–water partition coefficient (Wildman–Crippen LogP) is 4.03. The third-order valence-electron chi connectivity index (χ3n) is 7.56. The van der Waals surface area contributed by atoms with E-state index in [0.717, 1.165) is 57.2 Å². The number of carboxylic acid groups (broad SMARTS) is 1. The number of cyclic esters (lactones) is 2. The number of nitrogens with zero attached hydrogens (tertiary/aromatic N) is 6. The number of nitrogens with two attached hydrogens (primary N) is 3. The molecule has 1 amide bonds. The zero-order valence-corrected chi connectivity index (χ0v) is 48.5. The van der Waals surface area contributed by atoms with Crippen molar-refractivity contribution in [2.45, 2.75) is 77.0 Å². The summed E-state index contributed by atoms with van der Waals surface area (Å²) < 4.78 is 33.1. The van der Waals surface area contributed by atoms with Gasteiger partial charge in [0.15, 0.2) is 11.0 Å². The fraction of sp³-hybridized carbons (Fsp3) is 0.500. The van der Waals surface area contributed by atoms with E-state index in [1.54, 1.807) is 0 Å². The standard InChI is InChI=1S/C14H20N5O3.C9H15N5O.C5H7O3.C4H4O3.3HI.H2N.3HN.3W/c1-10(20)5-6-13(21)17-14-16-12(9-11(15)19(14)22)18-7-3-2-4-8-18;10-7-6-8(12-9(11)14(7)15)13-4-2-1-3-5-13;1-4(6)2-3-5(7)8;5-3-1-2-4(6)7-3;;;;;;;;;;/h9,15,22H,1-8H2,(H,16,17,21);6,10,15H,1-5H2,(H2,11,12);1-3H2,(H,7,8);1-2H2;3*1H;1H2;3*1H;;;/q-1;;-1;;;;;-1;;;;3*+1/p-2/i;;;;;;;;3*1T;;;. The number of ketones is 2. The first kappa shape index (κ1) is 57.7. The molecule has 2 aromatic rings. The van der Waals surface area contributed by atoms with Crippen LogP contribution < -0.4 is 31.8 Å². The van der Waals surface area contributed by atoms with Crippen LogP contribution in [0.4, 0.5) is 23.5 Å². The first-order valence-corrected chi connectivity index (χ1v) is 46.5. The van der Waals surface area contributed by atoms with Gasteiger partial charge in [-0.1, -0.05) is 4.73 Å². The number of Topliss-reactive ketones (excluding diaryl/α,β-unsaturated/α-hetero) is 2. The van der Waals surface area contributed by atoms with Crippen molar-refractivity contribution in [3.05, 3.63) is 43.1 Å². The van der Waals surface area contributed by atoms with Crippen LogP contribution in [0, 0.1) is 36.4 Å². The number of piperidine rings is 2. The molecule has 30 heteroatoms. The van der Waals surface area contributed by atoms with E-state index >= 15 is 0 Å². The number of carbonyl (C=O) groups excluding carboxylic acids is 5. The van der Waals surface area contributed by atoms with Gasteiger partial charge in [-0.15, -0.1) is 4.73 Å². The van der Waals surface area contributed by atoms with Crippen molar-refractivity contribution in [3.8, 4) is 0 Å². The van der Waals surface area contributed by atoms with Crippen molar-refractivity contribution in [1.82, 2.24) is 19.4 Å². The SMILES string of the molecule is N=c1cc(N2CCCCC2)nc(N)n1O.O=C1CCC(=O)O1.[3H][N]=[W][I].[3H][N]=[W][I].[3H][N]=[W][I].[CH2-]C(=O)CCC(=O)O.[CH2-]C(=O)CCC(=O)[NH2+]c1nc(N2CCCCC2)cc(=N)n1O.[NH2-]. The number of nitrogen functional groups attached to an aromatic ring is 1. The van der Waals surface area contributed by atoms with Crippen molar-refractivity contribution in [2.75, 3.05) is 41.7 Å². The zero-order valence-electron chi connectivity index (χ0n) is 36.2. The number of carboxylic acids is 1. The Morgan fingerprint density at radius 2 is 1.15 bits per heavy atom. The first-order chi connectivity index (χ1) is 30.3. The maximum Gasteiger partial charge on any atom is 0.350 e. The number of ether oxygens (including phenoxy) is 1. The van der Waals surface area contributed by atoms with Gasteiger partial charge >= 0.3 is 148 Å². The average Bonchev–Trinajstić information content (AvgIpc) is 3.68. The number of nitrogens with one attached hydrogen (secondary N) is 5. The number of aromatic nitrogens is 4. The van der Waals surface area contributed by atoms with Crippen LogP contribution in [0.2, 0.25) is 4.24 Å². The maximum absolute atomic E-state index is 11.8. The number of primary amides is 1. The molecule has 62 heavy (non-hydrogen) atoms. The van der Waals surface area contributed by atoms with Crippen LogP contribution in [-0.4, -0.2) is 96.5 Å². The van der Waals surface area contributed by atoms with Crippen molar-refractivity contribution in [3.63, 3.8) is 0 Å². The van der Waals surface area contributed by atoms with Gasteiger partial charge in [-0.05, 0) is 62.9 Å². The molecule has 0 atom stereocenters. The van der Waals surface area contributed by atoms with Gasteiger partial charge in [0.1, 0.15) is 11.6 Å². The van der Waals surface area contributed by atoms with Crippen LogP contribution >= 0.6 is 58.1 Å². The molecular formula is C32H52I3N14O10W3-2. The second-order valence-corrected chi connectivity index (χ2v) is 23.2. The minimum Gasteiger partial charge on any atom is -0.693 e. The summed E-state index contributed by atoms with van der Waals surface area (Å²) in [6, 6.07) is 3.01. The molecule has 2 aromatic heterocycles. The quantitative estimate of drug-likeness (QED) is 0.0557. The van der Waals surface area contributed by atoms with E-state index in [-0.39, 0.29) is 85.0 Å². The Morgan fingerprint density at radius 3 is 1.47 bits per heavy atom. The summed E-state index contributed by atoms with van der Waals surface area (Å²) >= 11 is 5.01. The van der Waals surface area contributed by atoms with Gasteiger partial charge in [-0.3, -0.25) is 25.2 Å². The molecule has 24 nitrogen and oxygen atoms in total. The van der Waals surface area contributed by atoms with E-state index in [1.807, 2.05) is 4.90 Å². The molecule has 0 bridgehead atoms. The summed E-state index contributed by atoms with van der Waals surface area (Å²) in [4.78, 5) is 74.8. The molecule has 3 fully saturated rings. The Balaban J connectivity index is -0.000000772. The molecule has 0 saturated carbocycles. The van der Waals surface area contributed by atoms with Gasteiger partial charge in [0, 0.05) is 44.7 Å². The zero-order chi connectivity index (χ0) is 49.0. The number of esters is 2. The Hall–Kier alpha value is -2.31. The normalized spacial score (nSPS) is 14.5. The molecule has 0 spiro atoms. The number of hydrogen-bond donors (Lipinski definition) is 10. The Labute approximate surface area is 419 Å². The van der Waals surface area contributed by atoms with E-state index < -0.39 is 62.0 Å². The van der Waals surface area contributed by atoms with E-state index in [1.165, 1.54) is 25.0 Å². The number of hydrogen-bond acceptors (Lipinski definition) is 19. The number of halogens is 3. The molecule has 5 heterocycles. The van der Waals surface area contributed by atoms with Crippen molar-refractivity contribution in [2.24, 2.45) is 0 Å². The van der Waals surface area contributed by atoms with Crippen molar-refractivity contribution < 1.29 is 103 Å². The average molecular weight is 1730 g/mol. The molecule has 14 N–H and O–H groups in total. The Kier molecular flexibility index (Phi) is 36.4. The summed E-state index contributed by atoms with van der Waals surface area (Å²) in [5.41, 5.74) is 5.31. The monoisotopic (exact) mass is 1730 g/mol. The first-order valence-electron chi connectivity index (χ1n) is 19.0. The maximum atomic E-state index is 11.8. The largest absolute Gasteiger partial charge is 0.693 e. The Bertz CT molecular complexity index is 1930. The van der Waals surface area contributed by atoms with Gasteiger partial charge in [0.05, 0.1) is 19.3 Å². The molecule has 351 valence electrons. The number of quaternary nitrogens is 1. The van der Waals surface area contributed by atoms with Crippen molar-refractivity contribution in [1.29, 1.82) is 22.5 Å². The molecule has 3 aliphatic heterocycles. The van der Waals surface area contributed by atoms with Crippen LogP contribution in [0.5, 0.6) is 0 Å². The smallest absolute Gasteiger partial charge is 0.350 e. The van der Waals surface area contributed by atoms with Gasteiger partial charge in [-0.2, -0.15) is 9.97 Å². The Morgan fingerprint density at radius 1 is 0.758 bits per heavy atom. The summed E-state index contributed by atoms with van der Waals surface area (Å²) in [5, 5.41) is 43.5. The van der Waals surface area contributed by atoms with Gasteiger partial charge in [0.25, 0.3) is 0 Å². The molecule has 0 aromatic carbocycles. The second-order valence-electron chi connectivity index (χ2n) is 12.1. The fourth-order valence-corrected chi connectivity index (χ4v) is 4.83. The molecular weight excluding hydrogens is 1670 g/mol. The van der Waals surface area contributed by atoms with E-state index in [2.05, 4.69) is 103 Å². The van der Waals surface area contributed by atoms with Crippen LogP contribution in [-0.2, 0) is 77.6 Å². The van der Waals surface area contributed by atoms with E-state index in [9.17, 15) is 39.2 Å². The summed E-state index contributed by atoms with van der Waals surface area (Å²) in [6.45, 7) is 9.82. The number of anilines is 3. The third-order valence-corrected chi connectivity index (χ3v) is 7.56. The summed E-state index contributed by atoms with van der Waals surface area (Å²) in [6.07, 6.45) is 7.35. The summed E-state index contributed by atoms with van der Waals surface area (Å²) in [7, 11) is 0. The van der Waals surface area contributed by atoms with Gasteiger partial charge < -0.3 is 65.4 Å². The third kappa shape index (κ3) is 31.5. The van der Waals surface area contributed by atoms with Crippen LogP contribution in [0.15, 0.2) is 12.1 Å². The summed E-state index contributed by atoms with van der Waals surface area (Å²) in [5.74, 6) is -1.48.